The number of nitrogens with zero attached hydrogens (tertiary/aromatic N) is 3. The highest BCUT2D eigenvalue weighted by molar-refractivity contribution is 6.20. The van der Waals surface area contributed by atoms with Crippen molar-refractivity contribution in [1.29, 1.82) is 0 Å². The molecule has 0 spiro atoms. The highest BCUT2D eigenvalue weighted by atomic mass is 35.5. The molecule has 1 aliphatic rings. The number of carbonyl (C=O) groups is 2. The minimum atomic E-state index is -3.85. The van der Waals surface area contributed by atoms with Gasteiger partial charge >= 0.3 is 5.57 Å². The van der Waals surface area contributed by atoms with E-state index in [1.807, 2.05) is 4.90 Å². The Kier molecular flexibility index (Phi) is 7.56. The van der Waals surface area contributed by atoms with Gasteiger partial charge in [0, 0.05) is 54.3 Å². The van der Waals surface area contributed by atoms with Gasteiger partial charge in [-0.15, -0.1) is 8.78 Å². The molecule has 0 saturated carbocycles. The quantitative estimate of drug-likeness (QED) is 0.346. The number of nitrogens with one attached hydrogen (secondary N) is 2. The van der Waals surface area contributed by atoms with Crippen molar-refractivity contribution < 1.29 is 28.2 Å². The number of hydrogen-bond acceptors (Lipinski definition) is 8. The number of aromatic nitrogens is 3. The van der Waals surface area contributed by atoms with Crippen LogP contribution in [0.15, 0.2) is 48.8 Å². The van der Waals surface area contributed by atoms with E-state index < -0.39 is 23.0 Å². The van der Waals surface area contributed by atoms with Crippen molar-refractivity contribution in [2.45, 2.75) is 31.4 Å². The number of H-pyrrole nitrogens is 1. The van der Waals surface area contributed by atoms with Crippen molar-refractivity contribution in [2.75, 3.05) is 23.3 Å². The third-order valence-corrected chi connectivity index (χ3v) is 6.81. The Morgan fingerprint density at radius 1 is 1.29 bits per heavy atom. The summed E-state index contributed by atoms with van der Waals surface area (Å²) in [5.74, 6) is -2.10. The molecule has 4 N–H and O–H groups in total. The zero-order valence-electron chi connectivity index (χ0n) is 20.6. The van der Waals surface area contributed by atoms with E-state index >= 15 is 0 Å². The maximum atomic E-state index is 13.0. The Bertz CT molecular complexity index is 1300. The van der Waals surface area contributed by atoms with Crippen LogP contribution >= 0.6 is 11.6 Å². The predicted octanol–water partition coefficient (Wildman–Crippen LogP) is 2.82. The molecule has 1 aromatic carbocycles. The summed E-state index contributed by atoms with van der Waals surface area (Å²) < 4.78 is 29.9. The number of carboxylic acid groups (broad SMARTS) is 1. The molecule has 10 nitrogen and oxygen atoms in total. The summed E-state index contributed by atoms with van der Waals surface area (Å²) in [5.41, 5.74) is 2.73. The summed E-state index contributed by atoms with van der Waals surface area (Å²) in [6.45, 7) is 4.37. The van der Waals surface area contributed by atoms with Gasteiger partial charge in [0.25, 0.3) is 5.91 Å². The molecule has 2 atom stereocenters. The molecule has 1 saturated heterocycles. The van der Waals surface area contributed by atoms with E-state index in [2.05, 4.69) is 25.2 Å². The highest BCUT2D eigenvalue weighted by Crippen LogP contribution is 2.37. The average Bonchev–Trinajstić information content (AvgIpc) is 3.56. The molecule has 3 aromatic rings. The van der Waals surface area contributed by atoms with Gasteiger partial charge in [-0.25, -0.2) is 4.98 Å². The van der Waals surface area contributed by atoms with Crippen molar-refractivity contribution >= 4 is 35.0 Å². The van der Waals surface area contributed by atoms with Crippen LogP contribution in [0.3, 0.4) is 0 Å². The number of halogens is 3. The van der Waals surface area contributed by atoms with Crippen LogP contribution in [0.2, 0.25) is 0 Å². The molecule has 1 fully saturated rings. The van der Waals surface area contributed by atoms with Crippen LogP contribution in [0, 0.1) is 11.8 Å². The van der Waals surface area contributed by atoms with E-state index in [0.29, 0.717) is 42.3 Å². The van der Waals surface area contributed by atoms with Crippen LogP contribution < -0.4 is 25.8 Å². The number of aromatic amines is 1. The summed E-state index contributed by atoms with van der Waals surface area (Å²) in [5, 5.41) is 21.5. The minimum absolute atomic E-state index is 0.169. The van der Waals surface area contributed by atoms with Gasteiger partial charge in [-0.2, -0.15) is 5.10 Å². The lowest BCUT2D eigenvalue weighted by atomic mass is 9.75. The highest BCUT2D eigenvalue weighted by Gasteiger charge is 2.43. The maximum Gasteiger partial charge on any atom is 0.487 e. The first-order valence-corrected chi connectivity index (χ1v) is 12.2. The fourth-order valence-corrected chi connectivity index (χ4v) is 4.69. The fourth-order valence-electron chi connectivity index (χ4n) is 4.60. The SMILES string of the molecule is CC(C)[C@@](N)(C(=O)[O-])[C@@H]1CCN(c2ncc(C(=O)Nc3ccc(OC(F)(F)Cl)cc3)cc2-c2ccn[nH]2)C1. The maximum absolute atomic E-state index is 13.0. The number of pyridine rings is 1. The van der Waals surface area contributed by atoms with Crippen LogP contribution in [0.5, 0.6) is 5.75 Å². The van der Waals surface area contributed by atoms with E-state index in [1.165, 1.54) is 30.5 Å². The Balaban J connectivity index is 1.57. The van der Waals surface area contributed by atoms with Crippen molar-refractivity contribution in [3.05, 3.63) is 54.4 Å². The molecule has 202 valence electrons. The van der Waals surface area contributed by atoms with E-state index in [-0.39, 0.29) is 23.1 Å². The second kappa shape index (κ2) is 10.5. The molecular weight excluding hydrogens is 522 g/mol. The molecule has 4 rings (SSSR count). The topological polar surface area (TPSA) is 149 Å². The standard InChI is InChI=1S/C25H27ClF2N6O4/c1-14(2)24(29,23(36)37)16-8-10-34(13-16)21-19(20-7-9-31-33-20)11-15(12-30-21)22(35)32-17-3-5-18(6-4-17)38-25(26,27)28/h3-7,9,11-12,14,16H,8,10,13,29H2,1-2H3,(H,31,33)(H,32,35)(H,36,37)/p-1/t16-,24+/m1/s1. The first kappa shape index (κ1) is 27.3. The van der Waals surface area contributed by atoms with Crippen LogP contribution in [-0.2, 0) is 4.79 Å². The third-order valence-electron chi connectivity index (χ3n) is 6.74. The molecule has 0 aliphatic carbocycles. The van der Waals surface area contributed by atoms with Crippen molar-refractivity contribution in [1.82, 2.24) is 15.2 Å². The molecule has 1 aliphatic heterocycles. The molecule has 0 bridgehead atoms. The number of rotatable bonds is 9. The Hall–Kier alpha value is -3.77. The fraction of sp³-hybridized carbons (Fsp3) is 0.360. The average molecular weight is 548 g/mol. The number of alkyl halides is 3. The lowest BCUT2D eigenvalue weighted by Gasteiger charge is -2.40. The summed E-state index contributed by atoms with van der Waals surface area (Å²) in [4.78, 5) is 31.4. The molecule has 1 amide bonds. The van der Waals surface area contributed by atoms with Gasteiger partial charge in [0.1, 0.15) is 11.6 Å². The first-order chi connectivity index (χ1) is 17.9. The van der Waals surface area contributed by atoms with Crippen molar-refractivity contribution in [3.8, 4) is 17.0 Å². The van der Waals surface area contributed by atoms with E-state index in [1.54, 1.807) is 32.2 Å². The Morgan fingerprint density at radius 2 is 2.00 bits per heavy atom. The van der Waals surface area contributed by atoms with Crippen LogP contribution in [-0.4, -0.2) is 51.3 Å². The molecule has 0 unspecified atom stereocenters. The molecule has 38 heavy (non-hydrogen) atoms. The first-order valence-electron chi connectivity index (χ1n) is 11.8. The van der Waals surface area contributed by atoms with Gasteiger partial charge in [0.2, 0.25) is 0 Å². The van der Waals surface area contributed by atoms with Gasteiger partial charge in [0.15, 0.2) is 0 Å². The van der Waals surface area contributed by atoms with Crippen LogP contribution in [0.25, 0.3) is 11.3 Å². The predicted molar refractivity (Wildman–Crippen MR) is 135 cm³/mol. The lowest BCUT2D eigenvalue weighted by Crippen LogP contribution is -2.64. The van der Waals surface area contributed by atoms with E-state index in [0.717, 1.165) is 0 Å². The second-order valence-corrected chi connectivity index (χ2v) is 9.84. The molecule has 13 heteroatoms. The van der Waals surface area contributed by atoms with Crippen molar-refractivity contribution in [3.63, 3.8) is 0 Å². The van der Waals surface area contributed by atoms with Gasteiger partial charge in [-0.05, 0) is 48.7 Å². The monoisotopic (exact) mass is 547 g/mol. The Labute approximate surface area is 222 Å². The summed E-state index contributed by atoms with van der Waals surface area (Å²) in [6.07, 6.45) is 3.50. The lowest BCUT2D eigenvalue weighted by molar-refractivity contribution is -0.316. The minimum Gasteiger partial charge on any atom is -0.548 e. The smallest absolute Gasteiger partial charge is 0.487 e. The zero-order chi connectivity index (χ0) is 27.7. The van der Waals surface area contributed by atoms with Gasteiger partial charge in [0.05, 0.1) is 22.8 Å². The number of benzene rings is 1. The third kappa shape index (κ3) is 5.70. The van der Waals surface area contributed by atoms with E-state index in [9.17, 15) is 23.5 Å². The number of amides is 1. The number of carbonyl (C=O) groups excluding carboxylic acids is 2. The molecular formula is C25H26ClF2N6O4-. The zero-order valence-corrected chi connectivity index (χ0v) is 21.3. The number of carboxylic acids is 1. The van der Waals surface area contributed by atoms with Crippen LogP contribution in [0.4, 0.5) is 20.3 Å². The van der Waals surface area contributed by atoms with Gasteiger partial charge in [-0.3, -0.25) is 9.89 Å². The van der Waals surface area contributed by atoms with Crippen molar-refractivity contribution in [2.24, 2.45) is 17.6 Å². The number of aliphatic carboxylic acids is 1. The van der Waals surface area contributed by atoms with Crippen LogP contribution in [0.1, 0.15) is 30.6 Å². The number of ether oxygens (including phenoxy) is 1. The number of hydrogen-bond donors (Lipinski definition) is 3. The van der Waals surface area contributed by atoms with Gasteiger partial charge < -0.3 is 30.6 Å². The number of anilines is 2. The summed E-state index contributed by atoms with van der Waals surface area (Å²) >= 11 is 4.77. The molecule has 3 heterocycles. The second-order valence-electron chi connectivity index (χ2n) is 9.40. The normalized spacial score (nSPS) is 17.3. The van der Waals surface area contributed by atoms with E-state index in [4.69, 9.17) is 17.3 Å². The largest absolute Gasteiger partial charge is 0.548 e. The Morgan fingerprint density at radius 3 is 2.58 bits per heavy atom. The number of nitrogens with two attached hydrogens (primary N) is 1. The summed E-state index contributed by atoms with van der Waals surface area (Å²) in [7, 11) is 0. The van der Waals surface area contributed by atoms with Gasteiger partial charge in [-0.1, -0.05) is 13.8 Å². The molecule has 2 aromatic heterocycles. The summed E-state index contributed by atoms with van der Waals surface area (Å²) in [6, 6.07) is 8.64. The molecule has 0 radical (unpaired) electrons.